The third kappa shape index (κ3) is 5.02. The Kier molecular flexibility index (Phi) is 5.75. The highest BCUT2D eigenvalue weighted by atomic mass is 35.5. The summed E-state index contributed by atoms with van der Waals surface area (Å²) in [4.78, 5) is 11.8. The molecular formula is C16H15ClN2O2S. The number of ether oxygens (including phenoxy) is 1. The van der Waals surface area contributed by atoms with Crippen LogP contribution in [-0.4, -0.2) is 17.6 Å². The van der Waals surface area contributed by atoms with Crippen LogP contribution in [0, 0.1) is 6.92 Å². The highest BCUT2D eigenvalue weighted by molar-refractivity contribution is 7.80. The minimum atomic E-state index is -0.331. The van der Waals surface area contributed by atoms with Crippen molar-refractivity contribution < 1.29 is 9.53 Å². The zero-order valence-electron chi connectivity index (χ0n) is 11.9. The lowest BCUT2D eigenvalue weighted by Gasteiger charge is -2.11. The van der Waals surface area contributed by atoms with E-state index in [-0.39, 0.29) is 17.6 Å². The molecule has 1 amide bonds. The first-order valence-corrected chi connectivity index (χ1v) is 7.38. The average molecular weight is 335 g/mol. The van der Waals surface area contributed by atoms with Crippen LogP contribution in [0.25, 0.3) is 0 Å². The van der Waals surface area contributed by atoms with Crippen molar-refractivity contribution in [2.24, 2.45) is 0 Å². The SMILES string of the molecule is Cc1cc(Cl)ccc1OCC(=O)NC(=S)Nc1ccccc1. The number of halogens is 1. The summed E-state index contributed by atoms with van der Waals surface area (Å²) < 4.78 is 5.45. The van der Waals surface area contributed by atoms with Crippen molar-refractivity contribution in [2.75, 3.05) is 11.9 Å². The topological polar surface area (TPSA) is 50.4 Å². The van der Waals surface area contributed by atoms with Crippen LogP contribution in [0.5, 0.6) is 5.75 Å². The van der Waals surface area contributed by atoms with Crippen molar-refractivity contribution in [2.45, 2.75) is 6.92 Å². The van der Waals surface area contributed by atoms with E-state index < -0.39 is 0 Å². The smallest absolute Gasteiger partial charge is 0.264 e. The predicted octanol–water partition coefficient (Wildman–Crippen LogP) is 3.54. The molecule has 2 aromatic rings. The van der Waals surface area contributed by atoms with Gasteiger partial charge in [0.05, 0.1) is 0 Å². The second kappa shape index (κ2) is 7.77. The van der Waals surface area contributed by atoms with Gasteiger partial charge >= 0.3 is 0 Å². The van der Waals surface area contributed by atoms with E-state index in [1.165, 1.54) is 0 Å². The minimum absolute atomic E-state index is 0.126. The molecule has 0 atom stereocenters. The molecule has 0 fully saturated rings. The van der Waals surface area contributed by atoms with Gasteiger partial charge in [-0.1, -0.05) is 29.8 Å². The number of hydrogen-bond acceptors (Lipinski definition) is 3. The Morgan fingerprint density at radius 3 is 2.64 bits per heavy atom. The molecule has 0 unspecified atom stereocenters. The quantitative estimate of drug-likeness (QED) is 0.840. The van der Waals surface area contributed by atoms with E-state index in [0.717, 1.165) is 11.3 Å². The third-order valence-electron chi connectivity index (χ3n) is 2.78. The molecule has 0 aliphatic heterocycles. The maximum Gasteiger partial charge on any atom is 0.264 e. The number of para-hydroxylation sites is 1. The van der Waals surface area contributed by atoms with Crippen LogP contribution in [-0.2, 0) is 4.79 Å². The van der Waals surface area contributed by atoms with Gasteiger partial charge in [-0.25, -0.2) is 0 Å². The van der Waals surface area contributed by atoms with Crippen molar-refractivity contribution in [1.82, 2.24) is 5.32 Å². The van der Waals surface area contributed by atoms with Gasteiger partial charge in [0.25, 0.3) is 5.91 Å². The van der Waals surface area contributed by atoms with E-state index in [9.17, 15) is 4.79 Å². The minimum Gasteiger partial charge on any atom is -0.483 e. The van der Waals surface area contributed by atoms with E-state index >= 15 is 0 Å². The summed E-state index contributed by atoms with van der Waals surface area (Å²) in [5, 5.41) is 6.33. The Morgan fingerprint density at radius 2 is 1.95 bits per heavy atom. The van der Waals surface area contributed by atoms with Gasteiger partial charge in [0.1, 0.15) is 5.75 Å². The first kappa shape index (κ1) is 16.3. The first-order valence-electron chi connectivity index (χ1n) is 6.59. The van der Waals surface area contributed by atoms with E-state index in [1.807, 2.05) is 37.3 Å². The molecule has 2 rings (SSSR count). The zero-order chi connectivity index (χ0) is 15.9. The maximum absolute atomic E-state index is 11.8. The normalized spacial score (nSPS) is 9.91. The fraction of sp³-hybridized carbons (Fsp3) is 0.125. The summed E-state index contributed by atoms with van der Waals surface area (Å²) in [5.41, 5.74) is 1.67. The fourth-order valence-corrected chi connectivity index (χ4v) is 2.22. The summed E-state index contributed by atoms with van der Waals surface area (Å²) >= 11 is 10.9. The number of nitrogens with one attached hydrogen (secondary N) is 2. The Bertz CT molecular complexity index is 677. The molecule has 0 heterocycles. The van der Waals surface area contributed by atoms with Gasteiger partial charge in [-0.15, -0.1) is 0 Å². The maximum atomic E-state index is 11.8. The molecule has 2 aromatic carbocycles. The molecular weight excluding hydrogens is 320 g/mol. The first-order chi connectivity index (χ1) is 10.5. The van der Waals surface area contributed by atoms with Crippen LogP contribution >= 0.6 is 23.8 Å². The lowest BCUT2D eigenvalue weighted by Crippen LogP contribution is -2.37. The number of amides is 1. The van der Waals surface area contributed by atoms with Gasteiger partial charge in [0, 0.05) is 10.7 Å². The fourth-order valence-electron chi connectivity index (χ4n) is 1.76. The number of anilines is 1. The predicted molar refractivity (Wildman–Crippen MR) is 92.5 cm³/mol. The summed E-state index contributed by atoms with van der Waals surface area (Å²) in [5.74, 6) is 0.282. The van der Waals surface area contributed by atoms with Crippen LogP contribution < -0.4 is 15.4 Å². The molecule has 0 aliphatic carbocycles. The number of aryl methyl sites for hydroxylation is 1. The van der Waals surface area contributed by atoms with Crippen molar-refractivity contribution in [3.05, 3.63) is 59.1 Å². The van der Waals surface area contributed by atoms with Gasteiger partial charge < -0.3 is 10.1 Å². The molecule has 0 spiro atoms. The molecule has 6 heteroatoms. The van der Waals surface area contributed by atoms with Gasteiger partial charge in [-0.2, -0.15) is 0 Å². The van der Waals surface area contributed by atoms with Crippen LogP contribution in [0.4, 0.5) is 5.69 Å². The number of thiocarbonyl (C=S) groups is 1. The Balaban J connectivity index is 1.81. The molecule has 2 N–H and O–H groups in total. The molecule has 0 saturated heterocycles. The number of rotatable bonds is 4. The van der Waals surface area contributed by atoms with Crippen LogP contribution in [0.3, 0.4) is 0 Å². The van der Waals surface area contributed by atoms with Crippen LogP contribution in [0.15, 0.2) is 48.5 Å². The highest BCUT2D eigenvalue weighted by Crippen LogP contribution is 2.21. The Labute approximate surface area is 139 Å². The number of carbonyl (C=O) groups excluding carboxylic acids is 1. The molecule has 0 aromatic heterocycles. The monoisotopic (exact) mass is 334 g/mol. The molecule has 22 heavy (non-hydrogen) atoms. The molecule has 0 saturated carbocycles. The standard InChI is InChI=1S/C16H15ClN2O2S/c1-11-9-12(17)7-8-14(11)21-10-15(20)19-16(22)18-13-5-3-2-4-6-13/h2-9H,10H2,1H3,(H2,18,19,20,22). The van der Waals surface area contributed by atoms with E-state index in [2.05, 4.69) is 10.6 Å². The lowest BCUT2D eigenvalue weighted by atomic mass is 10.2. The zero-order valence-corrected chi connectivity index (χ0v) is 13.5. The van der Waals surface area contributed by atoms with E-state index in [1.54, 1.807) is 18.2 Å². The van der Waals surface area contributed by atoms with Crippen molar-refractivity contribution >= 4 is 40.5 Å². The second-order valence-electron chi connectivity index (χ2n) is 4.57. The van der Waals surface area contributed by atoms with Gasteiger partial charge in [-0.3, -0.25) is 10.1 Å². The van der Waals surface area contributed by atoms with Gasteiger partial charge in [0.15, 0.2) is 11.7 Å². The second-order valence-corrected chi connectivity index (χ2v) is 5.41. The largest absolute Gasteiger partial charge is 0.483 e. The molecule has 0 aliphatic rings. The van der Waals surface area contributed by atoms with Crippen molar-refractivity contribution in [3.63, 3.8) is 0 Å². The summed E-state index contributed by atoms with van der Waals surface area (Å²) in [6, 6.07) is 14.6. The molecule has 4 nitrogen and oxygen atoms in total. The van der Waals surface area contributed by atoms with E-state index in [0.29, 0.717) is 10.8 Å². The number of hydrogen-bond donors (Lipinski definition) is 2. The third-order valence-corrected chi connectivity index (χ3v) is 3.22. The molecule has 114 valence electrons. The Hall–Kier alpha value is -2.11. The lowest BCUT2D eigenvalue weighted by molar-refractivity contribution is -0.121. The number of carbonyl (C=O) groups is 1. The Morgan fingerprint density at radius 1 is 1.23 bits per heavy atom. The van der Waals surface area contributed by atoms with Gasteiger partial charge in [0.2, 0.25) is 0 Å². The molecule has 0 radical (unpaired) electrons. The van der Waals surface area contributed by atoms with Gasteiger partial charge in [-0.05, 0) is 55.0 Å². The summed E-state index contributed by atoms with van der Waals surface area (Å²) in [6.45, 7) is 1.74. The van der Waals surface area contributed by atoms with Crippen LogP contribution in [0.2, 0.25) is 5.02 Å². The van der Waals surface area contributed by atoms with Crippen LogP contribution in [0.1, 0.15) is 5.56 Å². The molecule has 0 bridgehead atoms. The summed E-state index contributed by atoms with van der Waals surface area (Å²) in [6.07, 6.45) is 0. The highest BCUT2D eigenvalue weighted by Gasteiger charge is 2.07. The van der Waals surface area contributed by atoms with E-state index in [4.69, 9.17) is 28.6 Å². The van der Waals surface area contributed by atoms with Crippen molar-refractivity contribution in [1.29, 1.82) is 0 Å². The van der Waals surface area contributed by atoms with Crippen molar-refractivity contribution in [3.8, 4) is 5.75 Å². The summed E-state index contributed by atoms with van der Waals surface area (Å²) in [7, 11) is 0. The average Bonchev–Trinajstić information content (AvgIpc) is 2.47. The number of benzene rings is 2.